The second-order valence-electron chi connectivity index (χ2n) is 6.22. The first-order valence-electron chi connectivity index (χ1n) is 7.93. The Hall–Kier alpha value is -0.610. The number of nitrogens with one attached hydrogen (secondary N) is 1. The molecule has 4 nitrogen and oxygen atoms in total. The molecule has 0 aromatic heterocycles. The van der Waals surface area contributed by atoms with Gasteiger partial charge in [-0.05, 0) is 32.1 Å². The molecule has 1 saturated heterocycles. The van der Waals surface area contributed by atoms with E-state index in [-0.39, 0.29) is 5.41 Å². The number of nitrogens with two attached hydrogens (primary N) is 1. The first-order valence-corrected chi connectivity index (χ1v) is 7.93. The Morgan fingerprint density at radius 2 is 1.95 bits per heavy atom. The van der Waals surface area contributed by atoms with Crippen molar-refractivity contribution in [1.82, 2.24) is 10.2 Å². The van der Waals surface area contributed by atoms with Gasteiger partial charge in [-0.25, -0.2) is 0 Å². The molecular weight excluding hydrogens is 238 g/mol. The number of amides is 1. The van der Waals surface area contributed by atoms with Crippen LogP contribution in [0.3, 0.4) is 0 Å². The summed E-state index contributed by atoms with van der Waals surface area (Å²) in [5, 5.41) is 3.32. The van der Waals surface area contributed by atoms with Crippen LogP contribution < -0.4 is 11.1 Å². The predicted octanol–water partition coefficient (Wildman–Crippen LogP) is 1.50. The molecule has 0 unspecified atom stereocenters. The molecule has 1 aliphatic heterocycles. The maximum absolute atomic E-state index is 12.5. The average molecular weight is 267 g/mol. The molecule has 0 aromatic rings. The Morgan fingerprint density at radius 3 is 2.47 bits per heavy atom. The van der Waals surface area contributed by atoms with Gasteiger partial charge in [0, 0.05) is 37.6 Å². The summed E-state index contributed by atoms with van der Waals surface area (Å²) in [5.41, 5.74) is 5.53. The van der Waals surface area contributed by atoms with Crippen molar-refractivity contribution in [3.8, 4) is 0 Å². The zero-order valence-corrected chi connectivity index (χ0v) is 12.3. The van der Waals surface area contributed by atoms with Crippen LogP contribution in [0.15, 0.2) is 0 Å². The van der Waals surface area contributed by atoms with Crippen LogP contribution in [0.2, 0.25) is 0 Å². The summed E-state index contributed by atoms with van der Waals surface area (Å²) >= 11 is 0. The first kappa shape index (κ1) is 14.8. The van der Waals surface area contributed by atoms with Crippen LogP contribution in [0, 0.1) is 5.41 Å². The van der Waals surface area contributed by atoms with Gasteiger partial charge in [-0.1, -0.05) is 19.8 Å². The molecule has 0 bridgehead atoms. The number of hydrogen-bond acceptors (Lipinski definition) is 3. The maximum atomic E-state index is 12.5. The summed E-state index contributed by atoms with van der Waals surface area (Å²) in [7, 11) is 0. The zero-order valence-electron chi connectivity index (χ0n) is 12.3. The molecule has 4 heteroatoms. The van der Waals surface area contributed by atoms with Crippen LogP contribution >= 0.6 is 0 Å². The van der Waals surface area contributed by atoms with Crippen molar-refractivity contribution < 1.29 is 4.79 Å². The molecular formula is C15H29N3O. The molecule has 1 amide bonds. The molecule has 2 aliphatic rings. The third-order valence-corrected chi connectivity index (χ3v) is 5.09. The van der Waals surface area contributed by atoms with E-state index in [1.54, 1.807) is 0 Å². The minimum atomic E-state index is -0.0472. The molecule has 1 aliphatic carbocycles. The smallest absolute Gasteiger partial charge is 0.226 e. The monoisotopic (exact) mass is 267 g/mol. The van der Waals surface area contributed by atoms with Crippen molar-refractivity contribution in [2.75, 3.05) is 26.2 Å². The lowest BCUT2D eigenvalue weighted by atomic mass is 9.82. The van der Waals surface area contributed by atoms with Crippen molar-refractivity contribution in [2.45, 2.75) is 57.9 Å². The van der Waals surface area contributed by atoms with Gasteiger partial charge < -0.3 is 16.0 Å². The van der Waals surface area contributed by atoms with E-state index in [9.17, 15) is 4.79 Å². The second kappa shape index (κ2) is 6.71. The van der Waals surface area contributed by atoms with Gasteiger partial charge in [-0.15, -0.1) is 0 Å². The van der Waals surface area contributed by atoms with E-state index in [0.29, 0.717) is 11.9 Å². The molecule has 1 heterocycles. The largest absolute Gasteiger partial charge is 0.353 e. The fourth-order valence-electron chi connectivity index (χ4n) is 3.61. The van der Waals surface area contributed by atoms with Crippen molar-refractivity contribution >= 4 is 5.91 Å². The zero-order chi connectivity index (χ0) is 13.7. The van der Waals surface area contributed by atoms with Gasteiger partial charge in [0.15, 0.2) is 0 Å². The van der Waals surface area contributed by atoms with Crippen LogP contribution in [0.4, 0.5) is 0 Å². The summed E-state index contributed by atoms with van der Waals surface area (Å²) in [5.74, 6) is 0.324. The number of piperidine rings is 1. The highest BCUT2D eigenvalue weighted by molar-refractivity contribution is 5.83. The average Bonchev–Trinajstić information content (AvgIpc) is 2.91. The third-order valence-electron chi connectivity index (χ3n) is 5.09. The van der Waals surface area contributed by atoms with Gasteiger partial charge in [0.25, 0.3) is 0 Å². The van der Waals surface area contributed by atoms with E-state index in [1.807, 2.05) is 0 Å². The summed E-state index contributed by atoms with van der Waals surface area (Å²) in [6.45, 7) is 6.02. The van der Waals surface area contributed by atoms with Crippen molar-refractivity contribution in [2.24, 2.45) is 11.1 Å². The molecule has 1 saturated carbocycles. The van der Waals surface area contributed by atoms with E-state index >= 15 is 0 Å². The van der Waals surface area contributed by atoms with E-state index in [0.717, 1.165) is 58.3 Å². The molecule has 0 spiro atoms. The quantitative estimate of drug-likeness (QED) is 0.793. The van der Waals surface area contributed by atoms with Crippen LogP contribution in [-0.2, 0) is 4.79 Å². The Balaban J connectivity index is 1.80. The van der Waals surface area contributed by atoms with Gasteiger partial charge >= 0.3 is 0 Å². The second-order valence-corrected chi connectivity index (χ2v) is 6.22. The van der Waals surface area contributed by atoms with Gasteiger partial charge in [-0.3, -0.25) is 4.79 Å². The van der Waals surface area contributed by atoms with Crippen LogP contribution in [0.25, 0.3) is 0 Å². The number of carbonyl (C=O) groups is 1. The van der Waals surface area contributed by atoms with Crippen molar-refractivity contribution in [3.05, 3.63) is 0 Å². The van der Waals surface area contributed by atoms with Crippen LogP contribution in [0.5, 0.6) is 0 Å². The van der Waals surface area contributed by atoms with E-state index < -0.39 is 0 Å². The number of rotatable bonds is 5. The molecule has 3 N–H and O–H groups in total. The highest BCUT2D eigenvalue weighted by Gasteiger charge is 2.40. The van der Waals surface area contributed by atoms with Gasteiger partial charge in [0.1, 0.15) is 0 Å². The summed E-state index contributed by atoms with van der Waals surface area (Å²) in [6, 6.07) is 0.380. The molecule has 2 rings (SSSR count). The minimum absolute atomic E-state index is 0.0472. The Kier molecular flexibility index (Phi) is 5.22. The molecule has 19 heavy (non-hydrogen) atoms. The SMILES string of the molecule is CCC1(C(=O)NC2CCN(CCN)CC2)CCCC1. The fraction of sp³-hybridized carbons (Fsp3) is 0.933. The van der Waals surface area contributed by atoms with E-state index in [2.05, 4.69) is 17.1 Å². The minimum Gasteiger partial charge on any atom is -0.353 e. The standard InChI is InChI=1S/C15H29N3O/c1-2-15(7-3-4-8-15)14(19)17-13-5-10-18(11-6-13)12-9-16/h13H,2-12,16H2,1H3,(H,17,19). The van der Waals surface area contributed by atoms with Gasteiger partial charge in [-0.2, -0.15) is 0 Å². The number of hydrogen-bond donors (Lipinski definition) is 2. The predicted molar refractivity (Wildman–Crippen MR) is 77.9 cm³/mol. The fourth-order valence-corrected chi connectivity index (χ4v) is 3.61. The molecule has 0 aromatic carbocycles. The van der Waals surface area contributed by atoms with E-state index in [4.69, 9.17) is 5.73 Å². The lowest BCUT2D eigenvalue weighted by Gasteiger charge is -2.34. The van der Waals surface area contributed by atoms with Gasteiger partial charge in [0.2, 0.25) is 5.91 Å². The number of carbonyl (C=O) groups excluding carboxylic acids is 1. The normalized spacial score (nSPS) is 24.5. The molecule has 110 valence electrons. The maximum Gasteiger partial charge on any atom is 0.226 e. The topological polar surface area (TPSA) is 58.4 Å². The Bertz CT molecular complexity index is 292. The van der Waals surface area contributed by atoms with Crippen LogP contribution in [0.1, 0.15) is 51.9 Å². The number of likely N-dealkylation sites (tertiary alicyclic amines) is 1. The Morgan fingerprint density at radius 1 is 1.32 bits per heavy atom. The lowest BCUT2D eigenvalue weighted by Crippen LogP contribution is -2.49. The third kappa shape index (κ3) is 3.48. The number of nitrogens with zero attached hydrogens (tertiary/aromatic N) is 1. The highest BCUT2D eigenvalue weighted by Crippen LogP contribution is 2.41. The highest BCUT2D eigenvalue weighted by atomic mass is 16.2. The first-order chi connectivity index (χ1) is 9.20. The van der Waals surface area contributed by atoms with Crippen LogP contribution in [-0.4, -0.2) is 43.0 Å². The molecule has 0 radical (unpaired) electrons. The lowest BCUT2D eigenvalue weighted by molar-refractivity contribution is -0.132. The van der Waals surface area contributed by atoms with Gasteiger partial charge in [0.05, 0.1) is 0 Å². The molecule has 2 fully saturated rings. The Labute approximate surface area is 117 Å². The summed E-state index contributed by atoms with van der Waals surface area (Å²) in [4.78, 5) is 14.9. The van der Waals surface area contributed by atoms with Crippen molar-refractivity contribution in [1.29, 1.82) is 0 Å². The van der Waals surface area contributed by atoms with Crippen molar-refractivity contribution in [3.63, 3.8) is 0 Å². The molecule has 0 atom stereocenters. The van der Waals surface area contributed by atoms with E-state index in [1.165, 1.54) is 12.8 Å². The summed E-state index contributed by atoms with van der Waals surface area (Å²) in [6.07, 6.45) is 7.75. The summed E-state index contributed by atoms with van der Waals surface area (Å²) < 4.78 is 0.